The maximum absolute atomic E-state index is 11.7. The molecule has 1 aromatic rings. The lowest BCUT2D eigenvalue weighted by atomic mass is 9.96. The number of hydrogen-bond acceptors (Lipinski definition) is 3. The van der Waals surface area contributed by atoms with E-state index >= 15 is 0 Å². The number of amides is 1. The molecule has 24 heavy (non-hydrogen) atoms. The molecule has 1 aliphatic heterocycles. The summed E-state index contributed by atoms with van der Waals surface area (Å²) in [6.07, 6.45) is 1.86. The highest BCUT2D eigenvalue weighted by Crippen LogP contribution is 2.24. The Bertz CT molecular complexity index is 549. The summed E-state index contributed by atoms with van der Waals surface area (Å²) in [6, 6.07) is 9.44. The van der Waals surface area contributed by atoms with E-state index in [1.165, 1.54) is 17.5 Å². The van der Waals surface area contributed by atoms with Crippen molar-refractivity contribution < 1.29 is 9.53 Å². The Hall–Kier alpha value is -1.55. The molecular weight excluding hydrogens is 300 g/mol. The minimum absolute atomic E-state index is 0.321. The molecule has 1 atom stereocenters. The number of likely N-dealkylation sites (tertiary alicyclic amines) is 1. The van der Waals surface area contributed by atoms with E-state index in [0.717, 1.165) is 19.5 Å². The van der Waals surface area contributed by atoms with E-state index in [1.54, 1.807) is 0 Å². The molecule has 4 nitrogen and oxygen atoms in total. The van der Waals surface area contributed by atoms with Crippen molar-refractivity contribution in [3.05, 3.63) is 35.4 Å². The van der Waals surface area contributed by atoms with Gasteiger partial charge in [0.25, 0.3) is 0 Å². The lowest BCUT2D eigenvalue weighted by Crippen LogP contribution is -2.48. The molecule has 1 unspecified atom stereocenters. The molecule has 134 valence electrons. The van der Waals surface area contributed by atoms with E-state index in [9.17, 15) is 4.79 Å². The van der Waals surface area contributed by atoms with Gasteiger partial charge in [0.05, 0.1) is 0 Å². The minimum atomic E-state index is -0.436. The molecule has 1 saturated heterocycles. The number of benzene rings is 1. The van der Waals surface area contributed by atoms with E-state index in [2.05, 4.69) is 48.3 Å². The molecule has 2 rings (SSSR count). The van der Waals surface area contributed by atoms with Crippen LogP contribution in [-0.4, -0.2) is 35.7 Å². The van der Waals surface area contributed by atoms with Crippen LogP contribution in [0.3, 0.4) is 0 Å². The van der Waals surface area contributed by atoms with Crippen molar-refractivity contribution in [2.24, 2.45) is 0 Å². The smallest absolute Gasteiger partial charge is 0.407 e. The zero-order chi connectivity index (χ0) is 17.7. The fourth-order valence-electron chi connectivity index (χ4n) is 2.97. The number of carbonyl (C=O) groups is 1. The summed E-state index contributed by atoms with van der Waals surface area (Å²) in [6.45, 7) is 12.9. The van der Waals surface area contributed by atoms with Gasteiger partial charge < -0.3 is 10.1 Å². The predicted molar refractivity (Wildman–Crippen MR) is 98.2 cm³/mol. The molecule has 4 heteroatoms. The van der Waals surface area contributed by atoms with Gasteiger partial charge in [-0.2, -0.15) is 0 Å². The molecule has 1 heterocycles. The SMILES string of the molecule is CC(C)c1cccc(CN2CCC2CCNC(=O)OC(C)(C)C)c1. The highest BCUT2D eigenvalue weighted by molar-refractivity contribution is 5.67. The van der Waals surface area contributed by atoms with Crippen molar-refractivity contribution in [3.8, 4) is 0 Å². The summed E-state index contributed by atoms with van der Waals surface area (Å²) >= 11 is 0. The van der Waals surface area contributed by atoms with Crippen molar-refractivity contribution >= 4 is 6.09 Å². The molecule has 1 aromatic carbocycles. The summed E-state index contributed by atoms with van der Waals surface area (Å²) < 4.78 is 5.27. The molecule has 0 bridgehead atoms. The van der Waals surface area contributed by atoms with E-state index in [4.69, 9.17) is 4.74 Å². The van der Waals surface area contributed by atoms with Gasteiger partial charge in [-0.15, -0.1) is 0 Å². The van der Waals surface area contributed by atoms with Crippen molar-refractivity contribution in [1.29, 1.82) is 0 Å². The number of carbonyl (C=O) groups excluding carboxylic acids is 1. The van der Waals surface area contributed by atoms with E-state index < -0.39 is 5.60 Å². The normalized spacial score (nSPS) is 18.3. The fraction of sp³-hybridized carbons (Fsp3) is 0.650. The molecule has 1 N–H and O–H groups in total. The summed E-state index contributed by atoms with van der Waals surface area (Å²) in [5.74, 6) is 0.565. The predicted octanol–water partition coefficient (Wildman–Crippen LogP) is 4.30. The highest BCUT2D eigenvalue weighted by Gasteiger charge is 2.27. The minimum Gasteiger partial charge on any atom is -0.444 e. The third kappa shape index (κ3) is 5.82. The number of ether oxygens (including phenoxy) is 1. The van der Waals surface area contributed by atoms with Crippen molar-refractivity contribution in [2.45, 2.75) is 71.6 Å². The molecule has 0 radical (unpaired) electrons. The zero-order valence-corrected chi connectivity index (χ0v) is 15.8. The summed E-state index contributed by atoms with van der Waals surface area (Å²) in [5.41, 5.74) is 2.34. The Labute approximate surface area is 146 Å². The first-order valence-corrected chi connectivity index (χ1v) is 9.04. The first kappa shape index (κ1) is 18.8. The van der Waals surface area contributed by atoms with Crippen LogP contribution in [0.15, 0.2) is 24.3 Å². The second-order valence-corrected chi connectivity index (χ2v) is 8.03. The average Bonchev–Trinajstić information content (AvgIpc) is 2.46. The topological polar surface area (TPSA) is 41.6 Å². The molecule has 0 aliphatic carbocycles. The van der Waals surface area contributed by atoms with E-state index in [0.29, 0.717) is 18.5 Å². The summed E-state index contributed by atoms with van der Waals surface area (Å²) in [5, 5.41) is 2.86. The Morgan fingerprint density at radius 2 is 2.12 bits per heavy atom. The van der Waals surface area contributed by atoms with Crippen LogP contribution in [0.1, 0.15) is 64.5 Å². The fourth-order valence-corrected chi connectivity index (χ4v) is 2.97. The van der Waals surface area contributed by atoms with Gasteiger partial charge in [-0.1, -0.05) is 38.1 Å². The number of hydrogen-bond donors (Lipinski definition) is 1. The van der Waals surface area contributed by atoms with Gasteiger partial charge in [-0.3, -0.25) is 4.90 Å². The standard InChI is InChI=1S/C20H32N2O2/c1-15(2)17-8-6-7-16(13-17)14-22-12-10-18(22)9-11-21-19(23)24-20(3,4)5/h6-8,13,15,18H,9-12,14H2,1-5H3,(H,21,23). The quantitative estimate of drug-likeness (QED) is 0.844. The monoisotopic (exact) mass is 332 g/mol. The number of nitrogens with zero attached hydrogens (tertiary/aromatic N) is 1. The van der Waals surface area contributed by atoms with E-state index in [-0.39, 0.29) is 6.09 Å². The van der Waals surface area contributed by atoms with Crippen molar-refractivity contribution in [1.82, 2.24) is 10.2 Å². The van der Waals surface area contributed by atoms with Gasteiger partial charge in [-0.25, -0.2) is 4.79 Å². The maximum Gasteiger partial charge on any atom is 0.407 e. The largest absolute Gasteiger partial charge is 0.444 e. The third-order valence-corrected chi connectivity index (χ3v) is 4.42. The van der Waals surface area contributed by atoms with Crippen LogP contribution in [0.4, 0.5) is 4.79 Å². The number of alkyl carbamates (subject to hydrolysis) is 1. The molecule has 1 aliphatic rings. The molecule has 1 fully saturated rings. The van der Waals surface area contributed by atoms with Gasteiger partial charge in [0.15, 0.2) is 0 Å². The van der Waals surface area contributed by atoms with Gasteiger partial charge in [0.1, 0.15) is 5.60 Å². The maximum atomic E-state index is 11.7. The second kappa shape index (κ2) is 8.02. The molecular formula is C20H32N2O2. The van der Waals surface area contributed by atoms with E-state index in [1.807, 2.05) is 20.8 Å². The van der Waals surface area contributed by atoms with Crippen LogP contribution in [0.2, 0.25) is 0 Å². The summed E-state index contributed by atoms with van der Waals surface area (Å²) in [4.78, 5) is 14.2. The van der Waals surface area contributed by atoms with Gasteiger partial charge >= 0.3 is 6.09 Å². The van der Waals surface area contributed by atoms with Crippen LogP contribution in [0, 0.1) is 0 Å². The first-order chi connectivity index (χ1) is 11.2. The van der Waals surface area contributed by atoms with Crippen LogP contribution in [0.5, 0.6) is 0 Å². The van der Waals surface area contributed by atoms with Crippen molar-refractivity contribution in [3.63, 3.8) is 0 Å². The average molecular weight is 332 g/mol. The van der Waals surface area contributed by atoms with Crippen LogP contribution in [0.25, 0.3) is 0 Å². The van der Waals surface area contributed by atoms with Gasteiger partial charge in [0, 0.05) is 25.7 Å². The van der Waals surface area contributed by atoms with Crippen molar-refractivity contribution in [2.75, 3.05) is 13.1 Å². The second-order valence-electron chi connectivity index (χ2n) is 8.03. The number of rotatable bonds is 6. The lowest BCUT2D eigenvalue weighted by Gasteiger charge is -2.41. The highest BCUT2D eigenvalue weighted by atomic mass is 16.6. The number of nitrogens with one attached hydrogen (secondary N) is 1. The Morgan fingerprint density at radius 1 is 1.38 bits per heavy atom. The Balaban J connectivity index is 1.75. The Kier molecular flexibility index (Phi) is 6.27. The van der Waals surface area contributed by atoms with Crippen LogP contribution in [-0.2, 0) is 11.3 Å². The first-order valence-electron chi connectivity index (χ1n) is 9.04. The van der Waals surface area contributed by atoms with Crippen LogP contribution < -0.4 is 5.32 Å². The summed E-state index contributed by atoms with van der Waals surface area (Å²) in [7, 11) is 0. The zero-order valence-electron chi connectivity index (χ0n) is 15.8. The van der Waals surface area contributed by atoms with Crippen LogP contribution >= 0.6 is 0 Å². The molecule has 1 amide bonds. The molecule has 0 spiro atoms. The lowest BCUT2D eigenvalue weighted by molar-refractivity contribution is 0.0490. The van der Waals surface area contributed by atoms with Gasteiger partial charge in [-0.05, 0) is 50.7 Å². The molecule has 0 aromatic heterocycles. The molecule has 0 saturated carbocycles. The van der Waals surface area contributed by atoms with Gasteiger partial charge in [0.2, 0.25) is 0 Å². The third-order valence-electron chi connectivity index (χ3n) is 4.42. The Morgan fingerprint density at radius 3 is 2.71 bits per heavy atom.